The van der Waals surface area contributed by atoms with Gasteiger partial charge in [-0.15, -0.1) is 10.2 Å². The first kappa shape index (κ1) is 18.2. The number of anilines is 2. The molecule has 0 radical (unpaired) electrons. The SMILES string of the molecule is CCc1ccc(NC(=O)N2CCN(c3cnn4c(CC)nnc4c3)CC2)cc1. The average Bonchev–Trinajstić information content (AvgIpc) is 3.16. The number of nitrogens with zero attached hydrogens (tertiary/aromatic N) is 6. The number of piperazine rings is 1. The number of fused-ring (bicyclic) bond motifs is 1. The van der Waals surface area contributed by atoms with Crippen molar-refractivity contribution in [1.82, 2.24) is 24.7 Å². The van der Waals surface area contributed by atoms with Crippen LogP contribution in [0.5, 0.6) is 0 Å². The van der Waals surface area contributed by atoms with Gasteiger partial charge < -0.3 is 15.1 Å². The van der Waals surface area contributed by atoms with E-state index in [1.807, 2.05) is 48.4 Å². The summed E-state index contributed by atoms with van der Waals surface area (Å²) in [7, 11) is 0. The molecule has 0 bridgehead atoms. The van der Waals surface area contributed by atoms with Crippen LogP contribution in [0, 0.1) is 0 Å². The Bertz CT molecular complexity index is 958. The van der Waals surface area contributed by atoms with E-state index in [2.05, 4.69) is 32.4 Å². The van der Waals surface area contributed by atoms with Crippen molar-refractivity contribution in [2.24, 2.45) is 0 Å². The Morgan fingerprint density at radius 3 is 2.46 bits per heavy atom. The van der Waals surface area contributed by atoms with E-state index in [4.69, 9.17) is 0 Å². The molecule has 146 valence electrons. The van der Waals surface area contributed by atoms with E-state index in [-0.39, 0.29) is 6.03 Å². The summed E-state index contributed by atoms with van der Waals surface area (Å²) in [6, 6.07) is 9.96. The van der Waals surface area contributed by atoms with Crippen molar-refractivity contribution in [3.8, 4) is 0 Å². The Labute approximate surface area is 164 Å². The standard InChI is InChI=1S/C20H25N7O/c1-3-15-5-7-16(8-6-15)22-20(28)26-11-9-25(10-12-26)17-13-19-24-23-18(4-2)27(19)21-14-17/h5-8,13-14H,3-4,9-12H2,1-2H3,(H,22,28). The minimum absolute atomic E-state index is 0.0532. The van der Waals surface area contributed by atoms with Crippen LogP contribution in [-0.4, -0.2) is 56.9 Å². The maximum atomic E-state index is 12.5. The van der Waals surface area contributed by atoms with E-state index < -0.39 is 0 Å². The molecule has 0 saturated carbocycles. The number of aryl methyl sites for hydroxylation is 2. The zero-order valence-corrected chi connectivity index (χ0v) is 16.3. The first-order valence-electron chi connectivity index (χ1n) is 9.78. The summed E-state index contributed by atoms with van der Waals surface area (Å²) in [5.74, 6) is 0.856. The van der Waals surface area contributed by atoms with Crippen LogP contribution in [0.2, 0.25) is 0 Å². The van der Waals surface area contributed by atoms with Crippen molar-refractivity contribution < 1.29 is 4.79 Å². The van der Waals surface area contributed by atoms with Gasteiger partial charge in [-0.05, 0) is 24.1 Å². The van der Waals surface area contributed by atoms with E-state index in [0.29, 0.717) is 13.1 Å². The monoisotopic (exact) mass is 379 g/mol. The quantitative estimate of drug-likeness (QED) is 0.754. The van der Waals surface area contributed by atoms with Crippen molar-refractivity contribution in [1.29, 1.82) is 0 Å². The average molecular weight is 379 g/mol. The van der Waals surface area contributed by atoms with Gasteiger partial charge in [0.05, 0.1) is 11.9 Å². The number of amides is 2. The highest BCUT2D eigenvalue weighted by Crippen LogP contribution is 2.18. The third-order valence-electron chi connectivity index (χ3n) is 5.17. The molecule has 1 fully saturated rings. The van der Waals surface area contributed by atoms with Crippen LogP contribution in [0.4, 0.5) is 16.2 Å². The molecule has 2 amide bonds. The first-order valence-corrected chi connectivity index (χ1v) is 9.78. The smallest absolute Gasteiger partial charge is 0.321 e. The van der Waals surface area contributed by atoms with Crippen LogP contribution in [0.1, 0.15) is 25.2 Å². The maximum Gasteiger partial charge on any atom is 0.321 e. The molecule has 8 heteroatoms. The zero-order valence-electron chi connectivity index (χ0n) is 16.3. The van der Waals surface area contributed by atoms with E-state index in [1.165, 1.54) is 5.56 Å². The van der Waals surface area contributed by atoms with Gasteiger partial charge in [0.15, 0.2) is 11.5 Å². The lowest BCUT2D eigenvalue weighted by Crippen LogP contribution is -2.50. The van der Waals surface area contributed by atoms with Crippen LogP contribution in [0.25, 0.3) is 5.65 Å². The first-order chi connectivity index (χ1) is 13.7. The molecule has 8 nitrogen and oxygen atoms in total. The zero-order chi connectivity index (χ0) is 19.5. The highest BCUT2D eigenvalue weighted by atomic mass is 16.2. The van der Waals surface area contributed by atoms with Gasteiger partial charge in [-0.25, -0.2) is 4.79 Å². The summed E-state index contributed by atoms with van der Waals surface area (Å²) in [5.41, 5.74) is 3.86. The van der Waals surface area contributed by atoms with Gasteiger partial charge in [-0.1, -0.05) is 26.0 Å². The summed E-state index contributed by atoms with van der Waals surface area (Å²) >= 11 is 0. The lowest BCUT2D eigenvalue weighted by molar-refractivity contribution is 0.208. The number of carbonyl (C=O) groups is 1. The normalized spacial score (nSPS) is 14.5. The van der Waals surface area contributed by atoms with Crippen LogP contribution < -0.4 is 10.2 Å². The number of urea groups is 1. The fraction of sp³-hybridized carbons (Fsp3) is 0.400. The van der Waals surface area contributed by atoms with E-state index in [9.17, 15) is 4.79 Å². The number of benzene rings is 1. The molecule has 1 aliphatic rings. The fourth-order valence-electron chi connectivity index (χ4n) is 3.42. The molecule has 2 aromatic heterocycles. The Balaban J connectivity index is 1.36. The predicted molar refractivity (Wildman–Crippen MR) is 109 cm³/mol. The molecule has 1 aliphatic heterocycles. The maximum absolute atomic E-state index is 12.5. The molecule has 3 heterocycles. The predicted octanol–water partition coefficient (Wildman–Crippen LogP) is 2.60. The lowest BCUT2D eigenvalue weighted by atomic mass is 10.1. The van der Waals surface area contributed by atoms with Crippen molar-refractivity contribution >= 4 is 23.1 Å². The number of nitrogens with one attached hydrogen (secondary N) is 1. The van der Waals surface area contributed by atoms with Crippen LogP contribution in [0.15, 0.2) is 36.5 Å². The molecule has 1 saturated heterocycles. The number of rotatable bonds is 4. The molecule has 0 aliphatic carbocycles. The molecule has 0 atom stereocenters. The van der Waals surface area contributed by atoms with Crippen molar-refractivity contribution in [2.45, 2.75) is 26.7 Å². The molecule has 1 aromatic carbocycles. The summed E-state index contributed by atoms with van der Waals surface area (Å²) in [6.07, 6.45) is 3.63. The fourth-order valence-corrected chi connectivity index (χ4v) is 3.42. The Kier molecular flexibility index (Phi) is 5.10. The molecular weight excluding hydrogens is 354 g/mol. The summed E-state index contributed by atoms with van der Waals surface area (Å²) < 4.78 is 1.77. The number of carbonyl (C=O) groups excluding carboxylic acids is 1. The Hall–Kier alpha value is -3.16. The van der Waals surface area contributed by atoms with Gasteiger partial charge in [-0.2, -0.15) is 9.61 Å². The second-order valence-electron chi connectivity index (χ2n) is 6.91. The molecule has 4 rings (SSSR count). The van der Waals surface area contributed by atoms with Crippen LogP contribution in [0.3, 0.4) is 0 Å². The number of hydrogen-bond acceptors (Lipinski definition) is 5. The Morgan fingerprint density at radius 1 is 1.04 bits per heavy atom. The minimum atomic E-state index is -0.0532. The number of hydrogen-bond donors (Lipinski definition) is 1. The largest absolute Gasteiger partial charge is 0.367 e. The third-order valence-corrected chi connectivity index (χ3v) is 5.17. The molecular formula is C20H25N7O. The number of aromatic nitrogens is 4. The third kappa shape index (κ3) is 3.62. The topological polar surface area (TPSA) is 78.7 Å². The summed E-state index contributed by atoms with van der Waals surface area (Å²) in [4.78, 5) is 16.6. The highest BCUT2D eigenvalue weighted by Gasteiger charge is 2.22. The van der Waals surface area contributed by atoms with Crippen molar-refractivity contribution in [3.63, 3.8) is 0 Å². The van der Waals surface area contributed by atoms with Crippen molar-refractivity contribution in [3.05, 3.63) is 47.9 Å². The minimum Gasteiger partial charge on any atom is -0.367 e. The van der Waals surface area contributed by atoms with Crippen molar-refractivity contribution in [2.75, 3.05) is 36.4 Å². The van der Waals surface area contributed by atoms with Gasteiger partial charge in [-0.3, -0.25) is 0 Å². The van der Waals surface area contributed by atoms with Crippen LogP contribution >= 0.6 is 0 Å². The lowest BCUT2D eigenvalue weighted by Gasteiger charge is -2.35. The molecule has 1 N–H and O–H groups in total. The second kappa shape index (κ2) is 7.84. The molecule has 0 spiro atoms. The molecule has 3 aromatic rings. The summed E-state index contributed by atoms with van der Waals surface area (Å²) in [5, 5.41) is 15.8. The van der Waals surface area contributed by atoms with Gasteiger partial charge in [0, 0.05) is 44.4 Å². The second-order valence-corrected chi connectivity index (χ2v) is 6.91. The van der Waals surface area contributed by atoms with Gasteiger partial charge >= 0.3 is 6.03 Å². The molecule has 0 unspecified atom stereocenters. The van der Waals surface area contributed by atoms with E-state index in [1.54, 1.807) is 4.52 Å². The summed E-state index contributed by atoms with van der Waals surface area (Å²) in [6.45, 7) is 7.00. The molecule has 28 heavy (non-hydrogen) atoms. The van der Waals surface area contributed by atoms with E-state index >= 15 is 0 Å². The Morgan fingerprint density at radius 2 is 1.79 bits per heavy atom. The van der Waals surface area contributed by atoms with Gasteiger partial charge in [0.1, 0.15) is 0 Å². The van der Waals surface area contributed by atoms with E-state index in [0.717, 1.165) is 48.8 Å². The van der Waals surface area contributed by atoms with Gasteiger partial charge in [0.2, 0.25) is 0 Å². The van der Waals surface area contributed by atoms with Gasteiger partial charge in [0.25, 0.3) is 0 Å². The highest BCUT2D eigenvalue weighted by molar-refractivity contribution is 5.89. The van der Waals surface area contributed by atoms with Crippen LogP contribution in [-0.2, 0) is 12.8 Å².